The highest BCUT2D eigenvalue weighted by Gasteiger charge is 2.12. The standard InChI is InChI=1S/C24H20N2O3/c1-29-24(28)18-9-6-7-16(13-18)14-23(27)26-21-12-5-3-10-19(21)22-15-17-8-2-4-11-20(17)25-22/h2-13,15,25H,14H2,1H3,(H,26,27). The van der Waals surface area contributed by atoms with E-state index in [0.717, 1.165) is 33.4 Å². The molecule has 0 spiro atoms. The van der Waals surface area contributed by atoms with Gasteiger partial charge in [-0.2, -0.15) is 0 Å². The van der Waals surface area contributed by atoms with Crippen molar-refractivity contribution in [1.82, 2.24) is 4.98 Å². The van der Waals surface area contributed by atoms with E-state index in [-0.39, 0.29) is 12.3 Å². The van der Waals surface area contributed by atoms with Crippen LogP contribution < -0.4 is 5.32 Å². The van der Waals surface area contributed by atoms with E-state index in [2.05, 4.69) is 16.4 Å². The van der Waals surface area contributed by atoms with Crippen LogP contribution in [0.4, 0.5) is 5.69 Å². The predicted octanol–water partition coefficient (Wildman–Crippen LogP) is 4.80. The van der Waals surface area contributed by atoms with Crippen molar-refractivity contribution in [2.75, 3.05) is 12.4 Å². The number of nitrogens with one attached hydrogen (secondary N) is 2. The van der Waals surface area contributed by atoms with Crippen LogP contribution in [0.15, 0.2) is 78.9 Å². The summed E-state index contributed by atoms with van der Waals surface area (Å²) in [5.74, 6) is -0.577. The summed E-state index contributed by atoms with van der Waals surface area (Å²) in [6, 6.07) is 24.7. The summed E-state index contributed by atoms with van der Waals surface area (Å²) < 4.78 is 4.74. The van der Waals surface area contributed by atoms with Gasteiger partial charge in [0.1, 0.15) is 0 Å². The van der Waals surface area contributed by atoms with Crippen molar-refractivity contribution in [3.8, 4) is 11.3 Å². The molecule has 5 heteroatoms. The molecule has 0 fully saturated rings. The number of aromatic amines is 1. The number of carbonyl (C=O) groups is 2. The molecule has 2 N–H and O–H groups in total. The molecule has 0 atom stereocenters. The Hall–Kier alpha value is -3.86. The van der Waals surface area contributed by atoms with Crippen LogP contribution in [-0.2, 0) is 16.0 Å². The van der Waals surface area contributed by atoms with E-state index in [9.17, 15) is 9.59 Å². The average Bonchev–Trinajstić information content (AvgIpc) is 3.17. The molecule has 0 aliphatic heterocycles. The highest BCUT2D eigenvalue weighted by Crippen LogP contribution is 2.30. The molecule has 0 radical (unpaired) electrons. The van der Waals surface area contributed by atoms with Crippen LogP contribution >= 0.6 is 0 Å². The third-order valence-corrected chi connectivity index (χ3v) is 4.73. The first-order valence-electron chi connectivity index (χ1n) is 9.28. The number of hydrogen-bond acceptors (Lipinski definition) is 3. The monoisotopic (exact) mass is 384 g/mol. The van der Waals surface area contributed by atoms with E-state index in [4.69, 9.17) is 4.74 Å². The molecule has 0 bridgehead atoms. The van der Waals surface area contributed by atoms with Gasteiger partial charge in [0.25, 0.3) is 0 Å². The van der Waals surface area contributed by atoms with E-state index in [0.29, 0.717) is 5.56 Å². The molecular formula is C24H20N2O3. The zero-order chi connectivity index (χ0) is 20.2. The fourth-order valence-corrected chi connectivity index (χ4v) is 3.35. The van der Waals surface area contributed by atoms with E-state index in [1.54, 1.807) is 18.2 Å². The van der Waals surface area contributed by atoms with Crippen LogP contribution in [0.3, 0.4) is 0 Å². The maximum atomic E-state index is 12.7. The van der Waals surface area contributed by atoms with Crippen LogP contribution in [0.5, 0.6) is 0 Å². The number of hydrogen-bond donors (Lipinski definition) is 2. The molecule has 3 aromatic carbocycles. The smallest absolute Gasteiger partial charge is 0.337 e. The van der Waals surface area contributed by atoms with Crippen molar-refractivity contribution in [3.05, 3.63) is 90.0 Å². The number of benzene rings is 3. The zero-order valence-electron chi connectivity index (χ0n) is 15.9. The summed E-state index contributed by atoms with van der Waals surface area (Å²) in [7, 11) is 1.34. The second-order valence-corrected chi connectivity index (χ2v) is 6.73. The number of aromatic nitrogens is 1. The molecule has 1 heterocycles. The van der Waals surface area contributed by atoms with Crippen LogP contribution in [0.1, 0.15) is 15.9 Å². The van der Waals surface area contributed by atoms with E-state index in [1.807, 2.05) is 54.6 Å². The Labute approximate surface area is 168 Å². The summed E-state index contributed by atoms with van der Waals surface area (Å²) in [5, 5.41) is 4.10. The fourth-order valence-electron chi connectivity index (χ4n) is 3.35. The van der Waals surface area contributed by atoms with Crippen LogP contribution in [0.2, 0.25) is 0 Å². The number of H-pyrrole nitrogens is 1. The number of amides is 1. The SMILES string of the molecule is COC(=O)c1cccc(CC(=O)Nc2ccccc2-c2cc3ccccc3[nH]2)c1. The highest BCUT2D eigenvalue weighted by atomic mass is 16.5. The third-order valence-electron chi connectivity index (χ3n) is 4.73. The first-order valence-corrected chi connectivity index (χ1v) is 9.28. The van der Waals surface area contributed by atoms with Gasteiger partial charge in [-0.05, 0) is 35.9 Å². The van der Waals surface area contributed by atoms with E-state index in [1.165, 1.54) is 7.11 Å². The van der Waals surface area contributed by atoms with Gasteiger partial charge in [-0.3, -0.25) is 4.79 Å². The second kappa shape index (κ2) is 8.02. The van der Waals surface area contributed by atoms with Crippen molar-refractivity contribution >= 4 is 28.5 Å². The molecule has 0 unspecified atom stereocenters. The van der Waals surface area contributed by atoms with Crippen molar-refractivity contribution in [1.29, 1.82) is 0 Å². The molecule has 144 valence electrons. The lowest BCUT2D eigenvalue weighted by Crippen LogP contribution is -2.15. The Morgan fingerprint density at radius 3 is 2.55 bits per heavy atom. The third kappa shape index (κ3) is 4.04. The molecule has 4 rings (SSSR count). The fraction of sp³-hybridized carbons (Fsp3) is 0.0833. The van der Waals surface area contributed by atoms with Crippen LogP contribution in [0.25, 0.3) is 22.2 Å². The van der Waals surface area contributed by atoms with Crippen molar-refractivity contribution in [2.24, 2.45) is 0 Å². The second-order valence-electron chi connectivity index (χ2n) is 6.73. The minimum atomic E-state index is -0.420. The van der Waals surface area contributed by atoms with Gasteiger partial charge in [-0.15, -0.1) is 0 Å². The van der Waals surface area contributed by atoms with E-state index < -0.39 is 5.97 Å². The van der Waals surface area contributed by atoms with Gasteiger partial charge >= 0.3 is 5.97 Å². The molecular weight excluding hydrogens is 364 g/mol. The van der Waals surface area contributed by atoms with Gasteiger partial charge in [0.2, 0.25) is 5.91 Å². The lowest BCUT2D eigenvalue weighted by atomic mass is 10.1. The molecule has 0 saturated carbocycles. The van der Waals surface area contributed by atoms with Crippen molar-refractivity contribution in [3.63, 3.8) is 0 Å². The maximum absolute atomic E-state index is 12.7. The van der Waals surface area contributed by atoms with Gasteiger partial charge in [0.05, 0.1) is 24.8 Å². The minimum absolute atomic E-state index is 0.157. The normalized spacial score (nSPS) is 10.7. The summed E-state index contributed by atoms with van der Waals surface area (Å²) >= 11 is 0. The van der Waals surface area contributed by atoms with Gasteiger partial charge in [0, 0.05) is 22.2 Å². The summed E-state index contributed by atoms with van der Waals surface area (Å²) in [5.41, 5.74) is 4.80. The maximum Gasteiger partial charge on any atom is 0.337 e. The Balaban J connectivity index is 1.56. The lowest BCUT2D eigenvalue weighted by molar-refractivity contribution is -0.115. The number of ether oxygens (including phenoxy) is 1. The van der Waals surface area contributed by atoms with Crippen molar-refractivity contribution < 1.29 is 14.3 Å². The summed E-state index contributed by atoms with van der Waals surface area (Å²) in [6.07, 6.45) is 0.159. The molecule has 0 aliphatic carbocycles. The zero-order valence-corrected chi connectivity index (χ0v) is 15.9. The molecule has 0 saturated heterocycles. The van der Waals surface area contributed by atoms with Gasteiger partial charge < -0.3 is 15.0 Å². The highest BCUT2D eigenvalue weighted by molar-refractivity contribution is 5.98. The molecule has 1 aromatic heterocycles. The number of rotatable bonds is 5. The molecule has 4 aromatic rings. The molecule has 0 aliphatic rings. The van der Waals surface area contributed by atoms with Gasteiger partial charge in [-0.25, -0.2) is 4.79 Å². The summed E-state index contributed by atoms with van der Waals surface area (Å²) in [6.45, 7) is 0. The Bertz CT molecular complexity index is 1160. The first kappa shape index (κ1) is 18.5. The average molecular weight is 384 g/mol. The Morgan fingerprint density at radius 2 is 1.72 bits per heavy atom. The number of para-hydroxylation sites is 2. The Kier molecular flexibility index (Phi) is 5.12. The molecule has 5 nitrogen and oxygen atoms in total. The van der Waals surface area contributed by atoms with E-state index >= 15 is 0 Å². The number of esters is 1. The van der Waals surface area contributed by atoms with Crippen LogP contribution in [-0.4, -0.2) is 24.0 Å². The summed E-state index contributed by atoms with van der Waals surface area (Å²) in [4.78, 5) is 27.7. The minimum Gasteiger partial charge on any atom is -0.465 e. The first-order chi connectivity index (χ1) is 14.1. The molecule has 29 heavy (non-hydrogen) atoms. The quantitative estimate of drug-likeness (QED) is 0.486. The lowest BCUT2D eigenvalue weighted by Gasteiger charge is -2.10. The number of fused-ring (bicyclic) bond motifs is 1. The number of carbonyl (C=O) groups excluding carboxylic acids is 2. The molecule has 1 amide bonds. The van der Waals surface area contributed by atoms with Gasteiger partial charge in [-0.1, -0.05) is 48.5 Å². The predicted molar refractivity (Wildman–Crippen MR) is 114 cm³/mol. The number of anilines is 1. The largest absolute Gasteiger partial charge is 0.465 e. The van der Waals surface area contributed by atoms with Crippen molar-refractivity contribution in [2.45, 2.75) is 6.42 Å². The number of methoxy groups -OCH3 is 1. The van der Waals surface area contributed by atoms with Crippen LogP contribution in [0, 0.1) is 0 Å². The topological polar surface area (TPSA) is 71.2 Å². The van der Waals surface area contributed by atoms with Gasteiger partial charge in [0.15, 0.2) is 0 Å². The Morgan fingerprint density at radius 1 is 0.931 bits per heavy atom.